The number of amides is 1. The third-order valence-corrected chi connectivity index (χ3v) is 9.89. The molecule has 3 fully saturated rings. The van der Waals surface area contributed by atoms with Crippen LogP contribution < -0.4 is 5.32 Å². The Kier molecular flexibility index (Phi) is 7.88. The first-order chi connectivity index (χ1) is 19.7. The summed E-state index contributed by atoms with van der Waals surface area (Å²) in [7, 11) is 0. The number of carbonyl (C=O) groups is 1. The van der Waals surface area contributed by atoms with E-state index in [1.165, 1.54) is 18.2 Å². The minimum absolute atomic E-state index is 0.0790. The van der Waals surface area contributed by atoms with E-state index in [1.807, 2.05) is 12.1 Å². The van der Waals surface area contributed by atoms with Gasteiger partial charge < -0.3 is 9.88 Å². The zero-order valence-corrected chi connectivity index (χ0v) is 24.5. The topological polar surface area (TPSA) is 63.1 Å². The smallest absolute Gasteiger partial charge is 0.248 e. The van der Waals surface area contributed by atoms with Crippen molar-refractivity contribution in [2.24, 2.45) is 5.92 Å². The van der Waals surface area contributed by atoms with Gasteiger partial charge in [-0.2, -0.15) is 0 Å². The molecule has 1 aliphatic carbocycles. The Balaban J connectivity index is 1.17. The Morgan fingerprint density at radius 1 is 0.976 bits per heavy atom. The van der Waals surface area contributed by atoms with Crippen LogP contribution in [0.15, 0.2) is 42.5 Å². The predicted molar refractivity (Wildman–Crippen MR) is 157 cm³/mol. The minimum atomic E-state index is -2.64. The van der Waals surface area contributed by atoms with Gasteiger partial charge in [0, 0.05) is 49.3 Å². The Morgan fingerprint density at radius 2 is 1.66 bits per heavy atom. The van der Waals surface area contributed by atoms with Gasteiger partial charge in [0.1, 0.15) is 11.6 Å². The van der Waals surface area contributed by atoms with Crippen molar-refractivity contribution in [1.29, 1.82) is 0 Å². The Labute approximate surface area is 241 Å². The molecule has 3 aromatic rings. The van der Waals surface area contributed by atoms with Crippen LogP contribution in [0.25, 0.3) is 10.8 Å². The fourth-order valence-corrected chi connectivity index (χ4v) is 7.67. The quantitative estimate of drug-likeness (QED) is 0.317. The largest absolute Gasteiger partial charge is 0.349 e. The Morgan fingerprint density at radius 3 is 2.34 bits per heavy atom. The van der Waals surface area contributed by atoms with E-state index < -0.39 is 5.92 Å². The zero-order chi connectivity index (χ0) is 28.7. The van der Waals surface area contributed by atoms with E-state index in [9.17, 15) is 13.6 Å². The van der Waals surface area contributed by atoms with Crippen LogP contribution in [0.5, 0.6) is 0 Å². The normalized spacial score (nSPS) is 25.6. The lowest BCUT2D eigenvalue weighted by Gasteiger charge is -2.40. The highest BCUT2D eigenvalue weighted by Gasteiger charge is 2.42. The number of halogens is 2. The molecule has 220 valence electrons. The van der Waals surface area contributed by atoms with Crippen molar-refractivity contribution in [3.8, 4) is 0 Å². The third kappa shape index (κ3) is 5.90. The summed E-state index contributed by atoms with van der Waals surface area (Å²) in [5.41, 5.74) is 1.09. The van der Waals surface area contributed by atoms with Gasteiger partial charge in [0.2, 0.25) is 11.8 Å². The van der Waals surface area contributed by atoms with E-state index >= 15 is 0 Å². The summed E-state index contributed by atoms with van der Waals surface area (Å²) in [6.07, 6.45) is 5.49. The number of piperidine rings is 1. The van der Waals surface area contributed by atoms with Crippen molar-refractivity contribution in [2.45, 2.75) is 115 Å². The van der Waals surface area contributed by atoms with Gasteiger partial charge in [-0.25, -0.2) is 8.78 Å². The Hall–Kier alpha value is -2.87. The molecule has 1 N–H and O–H groups in total. The van der Waals surface area contributed by atoms with Crippen molar-refractivity contribution in [3.05, 3.63) is 59.7 Å². The number of rotatable bonds is 8. The first-order valence-electron chi connectivity index (χ1n) is 15.5. The average Bonchev–Trinajstić information content (AvgIpc) is 3.45. The second-order valence-electron chi connectivity index (χ2n) is 13.0. The molecule has 6 rings (SSSR count). The highest BCUT2D eigenvalue weighted by Crippen LogP contribution is 2.43. The van der Waals surface area contributed by atoms with Gasteiger partial charge in [0.05, 0.1) is 6.04 Å². The number of hydrogen-bond acceptors (Lipinski definition) is 4. The summed E-state index contributed by atoms with van der Waals surface area (Å²) in [5.74, 6) is -0.628. The molecule has 2 aromatic carbocycles. The first-order valence-corrected chi connectivity index (χ1v) is 15.5. The van der Waals surface area contributed by atoms with Crippen LogP contribution in [0.1, 0.15) is 107 Å². The fourth-order valence-electron chi connectivity index (χ4n) is 7.67. The SMILES string of the molecule is Cc1nnc(C(C)C)n1C1CC2CCC(C1)N2CC[C@H](NC(=O)C1CCC(F)(F)CC1)c1ccc2ccccc2c1. The monoisotopic (exact) mass is 563 g/mol. The number of aromatic nitrogens is 3. The fraction of sp³-hybridized carbons (Fsp3) is 0.606. The van der Waals surface area contributed by atoms with Crippen LogP contribution in [0, 0.1) is 12.8 Å². The number of alkyl halides is 2. The third-order valence-electron chi connectivity index (χ3n) is 9.89. The molecular formula is C33H43F2N5O. The standard InChI is InChI=1S/C33H43F2N5O/c1-21(2)31-38-37-22(3)40(31)29-19-27-10-11-28(20-29)39(27)17-14-30(26-9-8-23-6-4-5-7-25(23)18-26)36-32(41)24-12-15-33(34,35)16-13-24/h4-9,18,21,24,27-30H,10-17,19-20H2,1-3H3,(H,36,41)/t27?,28?,29?,30-/m0/s1. The summed E-state index contributed by atoms with van der Waals surface area (Å²) in [6, 6.07) is 16.0. The second kappa shape index (κ2) is 11.4. The highest BCUT2D eigenvalue weighted by molar-refractivity contribution is 5.83. The van der Waals surface area contributed by atoms with Gasteiger partial charge in [0.15, 0.2) is 0 Å². The van der Waals surface area contributed by atoms with Gasteiger partial charge in [0.25, 0.3) is 0 Å². The van der Waals surface area contributed by atoms with Gasteiger partial charge in [-0.15, -0.1) is 10.2 Å². The van der Waals surface area contributed by atoms with Crippen LogP contribution in [0.2, 0.25) is 0 Å². The van der Waals surface area contributed by atoms with Crippen LogP contribution in [0.4, 0.5) is 8.78 Å². The summed E-state index contributed by atoms with van der Waals surface area (Å²) in [4.78, 5) is 16.0. The molecule has 0 spiro atoms. The van der Waals surface area contributed by atoms with E-state index in [-0.39, 0.29) is 43.6 Å². The van der Waals surface area contributed by atoms with E-state index in [0.29, 0.717) is 24.0 Å². The molecule has 2 saturated heterocycles. The number of nitrogens with one attached hydrogen (secondary N) is 1. The van der Waals surface area contributed by atoms with Crippen LogP contribution in [-0.4, -0.2) is 50.1 Å². The van der Waals surface area contributed by atoms with Crippen LogP contribution in [0.3, 0.4) is 0 Å². The molecule has 6 nitrogen and oxygen atoms in total. The molecule has 3 heterocycles. The lowest BCUT2D eigenvalue weighted by molar-refractivity contribution is -0.130. The molecule has 2 bridgehead atoms. The van der Waals surface area contributed by atoms with Gasteiger partial charge in [-0.05, 0) is 74.3 Å². The maximum Gasteiger partial charge on any atom is 0.248 e. The van der Waals surface area contributed by atoms with Crippen molar-refractivity contribution in [2.75, 3.05) is 6.54 Å². The van der Waals surface area contributed by atoms with Crippen LogP contribution in [-0.2, 0) is 4.79 Å². The number of benzene rings is 2. The number of nitrogens with zero attached hydrogens (tertiary/aromatic N) is 4. The number of aryl methyl sites for hydroxylation is 1. The molecule has 2 unspecified atom stereocenters. The highest BCUT2D eigenvalue weighted by atomic mass is 19.3. The predicted octanol–water partition coefficient (Wildman–Crippen LogP) is 7.10. The number of fused-ring (bicyclic) bond motifs is 3. The zero-order valence-electron chi connectivity index (χ0n) is 24.5. The van der Waals surface area contributed by atoms with E-state index in [2.05, 4.69) is 76.1 Å². The van der Waals surface area contributed by atoms with Crippen molar-refractivity contribution >= 4 is 16.7 Å². The summed E-state index contributed by atoms with van der Waals surface area (Å²) >= 11 is 0. The van der Waals surface area contributed by atoms with E-state index in [0.717, 1.165) is 48.4 Å². The van der Waals surface area contributed by atoms with Gasteiger partial charge >= 0.3 is 0 Å². The molecule has 3 atom stereocenters. The lowest BCUT2D eigenvalue weighted by Crippen LogP contribution is -2.45. The van der Waals surface area contributed by atoms with E-state index in [4.69, 9.17) is 0 Å². The molecule has 2 aliphatic heterocycles. The van der Waals surface area contributed by atoms with Crippen molar-refractivity contribution < 1.29 is 13.6 Å². The molecular weight excluding hydrogens is 520 g/mol. The minimum Gasteiger partial charge on any atom is -0.349 e. The van der Waals surface area contributed by atoms with Crippen molar-refractivity contribution in [1.82, 2.24) is 25.0 Å². The van der Waals surface area contributed by atoms with Gasteiger partial charge in [-0.1, -0.05) is 50.2 Å². The second-order valence-corrected chi connectivity index (χ2v) is 13.0. The summed E-state index contributed by atoms with van der Waals surface area (Å²) in [6.45, 7) is 7.34. The molecule has 1 amide bonds. The van der Waals surface area contributed by atoms with Gasteiger partial charge in [-0.3, -0.25) is 9.69 Å². The maximum atomic E-state index is 13.8. The molecule has 41 heavy (non-hydrogen) atoms. The molecule has 1 saturated carbocycles. The molecule has 3 aliphatic rings. The van der Waals surface area contributed by atoms with Crippen molar-refractivity contribution in [3.63, 3.8) is 0 Å². The Bertz CT molecular complexity index is 1360. The molecule has 0 radical (unpaired) electrons. The maximum absolute atomic E-state index is 13.8. The molecule has 8 heteroatoms. The average molecular weight is 564 g/mol. The van der Waals surface area contributed by atoms with E-state index in [1.54, 1.807) is 0 Å². The molecule has 1 aromatic heterocycles. The summed E-state index contributed by atoms with van der Waals surface area (Å²) < 4.78 is 29.9. The first kappa shape index (κ1) is 28.3. The lowest BCUT2D eigenvalue weighted by atomic mass is 9.86. The summed E-state index contributed by atoms with van der Waals surface area (Å²) in [5, 5.41) is 14.5. The van der Waals surface area contributed by atoms with Crippen LogP contribution >= 0.6 is 0 Å². The number of carbonyl (C=O) groups excluding carboxylic acids is 1. The number of hydrogen-bond donors (Lipinski definition) is 1.